The second-order valence-corrected chi connectivity index (χ2v) is 6.83. The first-order valence-corrected chi connectivity index (χ1v) is 8.65. The summed E-state index contributed by atoms with van der Waals surface area (Å²) in [5, 5.41) is 32.3. The number of aliphatic hydroxyl groups is 2. The van der Waals surface area contributed by atoms with Crippen molar-refractivity contribution in [2.24, 2.45) is 0 Å². The van der Waals surface area contributed by atoms with E-state index >= 15 is 0 Å². The Bertz CT molecular complexity index is 746. The summed E-state index contributed by atoms with van der Waals surface area (Å²) in [6.45, 7) is 1.44. The zero-order valence-electron chi connectivity index (χ0n) is 12.7. The smallest absolute Gasteiger partial charge is 0.427 e. The first-order valence-electron chi connectivity index (χ1n) is 7.04. The van der Waals surface area contributed by atoms with Crippen LogP contribution in [0.3, 0.4) is 0 Å². The molecule has 0 fully saturated rings. The number of ketones is 1. The van der Waals surface area contributed by atoms with Gasteiger partial charge >= 0.3 is 7.75 Å². The number of benzene rings is 1. The van der Waals surface area contributed by atoms with Crippen LogP contribution < -0.4 is 5.09 Å². The van der Waals surface area contributed by atoms with Crippen molar-refractivity contribution in [2.75, 3.05) is 0 Å². The summed E-state index contributed by atoms with van der Waals surface area (Å²) in [5.74, 6) is -4.44. The summed E-state index contributed by atoms with van der Waals surface area (Å²) >= 11 is 0. The van der Waals surface area contributed by atoms with Gasteiger partial charge in [0.05, 0.1) is 5.57 Å². The summed E-state index contributed by atoms with van der Waals surface area (Å²) in [6, 6.07) is 5.63. The van der Waals surface area contributed by atoms with E-state index in [-0.39, 0.29) is 17.9 Å². The maximum atomic E-state index is 12.1. The topological polar surface area (TPSA) is 147 Å². The maximum absolute atomic E-state index is 12.1. The number of nitrogens with one attached hydrogen (secondary N) is 1. The molecule has 1 aliphatic carbocycles. The molecule has 0 heterocycles. The lowest BCUT2D eigenvalue weighted by molar-refractivity contribution is -0.151. The molecule has 0 spiro atoms. The average Bonchev–Trinajstić information content (AvgIpc) is 2.45. The van der Waals surface area contributed by atoms with Crippen molar-refractivity contribution in [1.29, 1.82) is 0 Å². The third-order valence-corrected chi connectivity index (χ3v) is 4.35. The van der Waals surface area contributed by atoms with Crippen molar-refractivity contribution in [2.45, 2.75) is 25.0 Å². The highest BCUT2D eigenvalue weighted by atomic mass is 31.2. The van der Waals surface area contributed by atoms with Gasteiger partial charge in [-0.15, -0.1) is 0 Å². The molecule has 1 aliphatic rings. The molecule has 1 aromatic carbocycles. The fourth-order valence-corrected chi connectivity index (χ4v) is 3.07. The second-order valence-electron chi connectivity index (χ2n) is 5.52. The minimum absolute atomic E-state index is 0.00724. The molecule has 1 atom stereocenters. The molecule has 6 N–H and O–H groups in total. The van der Waals surface area contributed by atoms with E-state index in [1.807, 2.05) is 5.09 Å². The van der Waals surface area contributed by atoms with Crippen LogP contribution in [0.4, 0.5) is 0 Å². The number of rotatable bonds is 5. The number of carbonyl (C=O) groups is 1. The molecular formula is C15H18NO7P. The SMILES string of the molecule is CC(c1ccc(O)cc1)C(O)(O)C1=C(NP(=O)(O)O)CC=CC1=O. The molecule has 0 aliphatic heterocycles. The van der Waals surface area contributed by atoms with Crippen LogP contribution in [-0.4, -0.2) is 36.7 Å². The molecule has 0 saturated carbocycles. The van der Waals surface area contributed by atoms with Gasteiger partial charge in [0, 0.05) is 18.0 Å². The highest BCUT2D eigenvalue weighted by Gasteiger charge is 2.42. The Balaban J connectivity index is 2.47. The van der Waals surface area contributed by atoms with Crippen LogP contribution in [0.2, 0.25) is 0 Å². The molecule has 0 amide bonds. The molecule has 9 heteroatoms. The lowest BCUT2D eigenvalue weighted by atomic mass is 9.82. The van der Waals surface area contributed by atoms with E-state index in [9.17, 15) is 24.7 Å². The summed E-state index contributed by atoms with van der Waals surface area (Å²) in [6.07, 6.45) is 2.42. The summed E-state index contributed by atoms with van der Waals surface area (Å²) < 4.78 is 11.2. The van der Waals surface area contributed by atoms with Crippen LogP contribution in [-0.2, 0) is 9.36 Å². The van der Waals surface area contributed by atoms with Crippen LogP contribution in [0.1, 0.15) is 24.8 Å². The molecular weight excluding hydrogens is 337 g/mol. The Morgan fingerprint density at radius 1 is 1.21 bits per heavy atom. The van der Waals surface area contributed by atoms with Gasteiger partial charge in [0.15, 0.2) is 5.78 Å². The zero-order valence-corrected chi connectivity index (χ0v) is 13.6. The van der Waals surface area contributed by atoms with Crippen molar-refractivity contribution in [3.8, 4) is 5.75 Å². The van der Waals surface area contributed by atoms with Gasteiger partial charge in [0.1, 0.15) is 5.75 Å². The fraction of sp³-hybridized carbons (Fsp3) is 0.267. The second kappa shape index (κ2) is 6.51. The monoisotopic (exact) mass is 355 g/mol. The lowest BCUT2D eigenvalue weighted by Crippen LogP contribution is -2.42. The predicted molar refractivity (Wildman–Crippen MR) is 84.7 cm³/mol. The Hall–Kier alpha value is -1.96. The minimum atomic E-state index is -4.73. The van der Waals surface area contributed by atoms with E-state index in [1.165, 1.54) is 37.3 Å². The van der Waals surface area contributed by atoms with Gasteiger partial charge in [-0.2, -0.15) is 0 Å². The maximum Gasteiger partial charge on any atom is 0.427 e. The number of carbonyl (C=O) groups excluding carboxylic acids is 1. The van der Waals surface area contributed by atoms with Gasteiger partial charge in [-0.3, -0.25) is 9.88 Å². The molecule has 1 aromatic rings. The van der Waals surface area contributed by atoms with Gasteiger partial charge < -0.3 is 25.1 Å². The third-order valence-electron chi connectivity index (χ3n) is 3.78. The van der Waals surface area contributed by atoms with Crippen LogP contribution in [0.5, 0.6) is 5.75 Å². The highest BCUT2D eigenvalue weighted by molar-refractivity contribution is 7.49. The van der Waals surface area contributed by atoms with Crippen molar-refractivity contribution in [1.82, 2.24) is 5.09 Å². The summed E-state index contributed by atoms with van der Waals surface area (Å²) in [4.78, 5) is 30.3. The van der Waals surface area contributed by atoms with Crippen molar-refractivity contribution < 1.29 is 34.5 Å². The van der Waals surface area contributed by atoms with Gasteiger partial charge in [-0.1, -0.05) is 25.1 Å². The van der Waals surface area contributed by atoms with E-state index in [1.54, 1.807) is 0 Å². The fourth-order valence-electron chi connectivity index (χ4n) is 2.51. The van der Waals surface area contributed by atoms with Crippen LogP contribution in [0, 0.1) is 0 Å². The first-order chi connectivity index (χ1) is 11.0. The molecule has 2 rings (SSSR count). The van der Waals surface area contributed by atoms with Gasteiger partial charge in [-0.05, 0) is 23.8 Å². The Kier molecular flexibility index (Phi) is 4.98. The minimum Gasteiger partial charge on any atom is -0.508 e. The quantitative estimate of drug-likeness (QED) is 0.333. The number of phenolic OH excluding ortho intramolecular Hbond substituents is 1. The van der Waals surface area contributed by atoms with Gasteiger partial charge in [-0.25, -0.2) is 4.57 Å². The number of allylic oxidation sites excluding steroid dienone is 2. The molecule has 0 saturated heterocycles. The van der Waals surface area contributed by atoms with E-state index in [2.05, 4.69) is 0 Å². The van der Waals surface area contributed by atoms with Crippen molar-refractivity contribution in [3.63, 3.8) is 0 Å². The standard InChI is InChI=1S/C15H18NO7P/c1-9(10-5-7-11(17)8-6-10)15(19,20)14-12(16-24(21,22)23)3-2-4-13(14)18/h2,4-9,17,19-20H,3H2,1H3,(H3,16,21,22,23). The summed E-state index contributed by atoms with van der Waals surface area (Å²) in [7, 11) is -4.73. The molecule has 130 valence electrons. The number of aromatic hydroxyl groups is 1. The number of phenols is 1. The van der Waals surface area contributed by atoms with E-state index in [0.29, 0.717) is 5.56 Å². The zero-order chi connectivity index (χ0) is 18.1. The number of hydrogen-bond donors (Lipinski definition) is 6. The Morgan fingerprint density at radius 2 is 1.79 bits per heavy atom. The Labute approximate surface area is 138 Å². The molecule has 0 aromatic heterocycles. The van der Waals surface area contributed by atoms with Gasteiger partial charge in [0.2, 0.25) is 5.79 Å². The molecule has 24 heavy (non-hydrogen) atoms. The van der Waals surface area contributed by atoms with Crippen LogP contribution in [0.15, 0.2) is 47.7 Å². The largest absolute Gasteiger partial charge is 0.508 e. The number of hydrogen-bond acceptors (Lipinski definition) is 5. The summed E-state index contributed by atoms with van der Waals surface area (Å²) in [5.41, 5.74) is -0.344. The predicted octanol–water partition coefficient (Wildman–Crippen LogP) is 0.642. The van der Waals surface area contributed by atoms with E-state index in [4.69, 9.17) is 9.79 Å². The normalized spacial score (nSPS) is 17.1. The molecule has 0 radical (unpaired) electrons. The first kappa shape index (κ1) is 18.4. The highest BCUT2D eigenvalue weighted by Crippen LogP contribution is 2.39. The van der Waals surface area contributed by atoms with Crippen LogP contribution in [0.25, 0.3) is 0 Å². The third kappa shape index (κ3) is 3.92. The van der Waals surface area contributed by atoms with Crippen molar-refractivity contribution >= 4 is 13.5 Å². The average molecular weight is 355 g/mol. The van der Waals surface area contributed by atoms with Crippen LogP contribution >= 0.6 is 7.75 Å². The van der Waals surface area contributed by atoms with E-state index in [0.717, 1.165) is 6.08 Å². The molecule has 0 bridgehead atoms. The van der Waals surface area contributed by atoms with Gasteiger partial charge in [0.25, 0.3) is 0 Å². The van der Waals surface area contributed by atoms with Crippen molar-refractivity contribution in [3.05, 3.63) is 53.3 Å². The molecule has 1 unspecified atom stereocenters. The van der Waals surface area contributed by atoms with E-state index < -0.39 is 30.8 Å². The molecule has 8 nitrogen and oxygen atoms in total. The Morgan fingerprint density at radius 3 is 2.33 bits per heavy atom. The lowest BCUT2D eigenvalue weighted by Gasteiger charge is -2.33.